The molecule has 6 heteroatoms. The van der Waals surface area contributed by atoms with Gasteiger partial charge in [0.25, 0.3) is 5.91 Å². The maximum Gasteiger partial charge on any atom is 0.257 e. The van der Waals surface area contributed by atoms with Crippen LogP contribution < -0.4 is 5.32 Å². The minimum atomic E-state index is -0.556. The number of pyridine rings is 1. The van der Waals surface area contributed by atoms with E-state index in [2.05, 4.69) is 10.3 Å². The highest BCUT2D eigenvalue weighted by molar-refractivity contribution is 6.31. The number of carbonyl (C=O) groups excluding carboxylic acids is 1. The van der Waals surface area contributed by atoms with E-state index >= 15 is 0 Å². The molecule has 120 valence electrons. The van der Waals surface area contributed by atoms with E-state index in [4.69, 9.17) is 11.6 Å². The number of aromatic nitrogens is 1. The SMILES string of the molecule is O=C(Nc1ccc(F)c(Cl)c1)c1ccc(-c2ccc(F)cc2)nc1. The van der Waals surface area contributed by atoms with Crippen molar-refractivity contribution in [3.63, 3.8) is 0 Å². The topological polar surface area (TPSA) is 42.0 Å². The van der Waals surface area contributed by atoms with Gasteiger partial charge in [0.15, 0.2) is 0 Å². The molecule has 2 aromatic carbocycles. The van der Waals surface area contributed by atoms with Crippen molar-refractivity contribution >= 4 is 23.2 Å². The summed E-state index contributed by atoms with van der Waals surface area (Å²) in [7, 11) is 0. The summed E-state index contributed by atoms with van der Waals surface area (Å²) in [5.41, 5.74) is 2.08. The first-order chi connectivity index (χ1) is 11.5. The number of hydrogen-bond donors (Lipinski definition) is 1. The van der Waals surface area contributed by atoms with Gasteiger partial charge in [-0.2, -0.15) is 0 Å². The van der Waals surface area contributed by atoms with Crippen LogP contribution in [0.1, 0.15) is 10.4 Å². The van der Waals surface area contributed by atoms with E-state index in [1.54, 1.807) is 24.3 Å². The smallest absolute Gasteiger partial charge is 0.257 e. The van der Waals surface area contributed by atoms with Gasteiger partial charge >= 0.3 is 0 Å². The third kappa shape index (κ3) is 3.58. The van der Waals surface area contributed by atoms with Crippen molar-refractivity contribution in [1.82, 2.24) is 4.98 Å². The average molecular weight is 345 g/mol. The molecule has 1 aromatic heterocycles. The lowest BCUT2D eigenvalue weighted by Gasteiger charge is -2.07. The van der Waals surface area contributed by atoms with Crippen LogP contribution in [0.2, 0.25) is 5.02 Å². The van der Waals surface area contributed by atoms with Crippen LogP contribution in [0.3, 0.4) is 0 Å². The third-order valence-electron chi connectivity index (χ3n) is 3.34. The maximum atomic E-state index is 13.1. The first kappa shape index (κ1) is 16.1. The van der Waals surface area contributed by atoms with Gasteiger partial charge in [0.2, 0.25) is 0 Å². The van der Waals surface area contributed by atoms with E-state index in [1.165, 1.54) is 36.5 Å². The number of anilines is 1. The van der Waals surface area contributed by atoms with Crippen LogP contribution >= 0.6 is 11.6 Å². The fourth-order valence-electron chi connectivity index (χ4n) is 2.10. The van der Waals surface area contributed by atoms with Crippen molar-refractivity contribution in [2.75, 3.05) is 5.32 Å². The van der Waals surface area contributed by atoms with Crippen molar-refractivity contribution in [3.05, 3.63) is 83.0 Å². The molecule has 3 nitrogen and oxygen atoms in total. The molecule has 1 amide bonds. The van der Waals surface area contributed by atoms with E-state index in [-0.39, 0.29) is 10.8 Å². The van der Waals surface area contributed by atoms with Gasteiger partial charge in [0.05, 0.1) is 16.3 Å². The van der Waals surface area contributed by atoms with Crippen LogP contribution in [0, 0.1) is 11.6 Å². The minimum absolute atomic E-state index is 0.0717. The van der Waals surface area contributed by atoms with Gasteiger partial charge in [-0.3, -0.25) is 9.78 Å². The summed E-state index contributed by atoms with van der Waals surface area (Å²) in [5.74, 6) is -1.27. The predicted molar refractivity (Wildman–Crippen MR) is 89.0 cm³/mol. The number of carbonyl (C=O) groups is 1. The molecule has 0 fully saturated rings. The van der Waals surface area contributed by atoms with Gasteiger partial charge in [0, 0.05) is 17.4 Å². The maximum absolute atomic E-state index is 13.1. The molecule has 24 heavy (non-hydrogen) atoms. The fraction of sp³-hybridized carbons (Fsp3) is 0. The van der Waals surface area contributed by atoms with E-state index in [0.29, 0.717) is 16.9 Å². The molecule has 0 saturated heterocycles. The molecule has 0 spiro atoms. The lowest BCUT2D eigenvalue weighted by molar-refractivity contribution is 0.102. The molecule has 0 aliphatic heterocycles. The number of amides is 1. The molecule has 0 unspecified atom stereocenters. The highest BCUT2D eigenvalue weighted by Crippen LogP contribution is 2.21. The highest BCUT2D eigenvalue weighted by atomic mass is 35.5. The Morgan fingerprint density at radius 2 is 1.75 bits per heavy atom. The second-order valence-corrected chi connectivity index (χ2v) is 5.43. The van der Waals surface area contributed by atoms with Crippen molar-refractivity contribution in [3.8, 4) is 11.3 Å². The number of hydrogen-bond acceptors (Lipinski definition) is 2. The second-order valence-electron chi connectivity index (χ2n) is 5.02. The zero-order valence-corrected chi connectivity index (χ0v) is 13.0. The average Bonchev–Trinajstić information content (AvgIpc) is 2.59. The Balaban J connectivity index is 1.76. The van der Waals surface area contributed by atoms with Crippen molar-refractivity contribution < 1.29 is 13.6 Å². The number of rotatable bonds is 3. The quantitative estimate of drug-likeness (QED) is 0.731. The van der Waals surface area contributed by atoms with Gasteiger partial charge in [-0.15, -0.1) is 0 Å². The van der Waals surface area contributed by atoms with Crippen molar-refractivity contribution in [1.29, 1.82) is 0 Å². The zero-order chi connectivity index (χ0) is 17.1. The van der Waals surface area contributed by atoms with E-state index in [0.717, 1.165) is 5.56 Å². The molecule has 0 bridgehead atoms. The Kier molecular flexibility index (Phi) is 4.53. The molecule has 1 heterocycles. The number of halogens is 3. The lowest BCUT2D eigenvalue weighted by Crippen LogP contribution is -2.12. The summed E-state index contributed by atoms with van der Waals surface area (Å²) < 4.78 is 26.0. The van der Waals surface area contributed by atoms with E-state index in [9.17, 15) is 13.6 Å². The predicted octanol–water partition coefficient (Wildman–Crippen LogP) is 4.93. The Labute approximate surface area is 141 Å². The first-order valence-corrected chi connectivity index (χ1v) is 7.39. The molecular formula is C18H11ClF2N2O. The van der Waals surface area contributed by atoms with Crippen LogP contribution in [0.25, 0.3) is 11.3 Å². The molecular weight excluding hydrogens is 334 g/mol. The second kappa shape index (κ2) is 6.76. The normalized spacial score (nSPS) is 10.5. The summed E-state index contributed by atoms with van der Waals surface area (Å²) in [6, 6.07) is 13.1. The molecule has 1 N–H and O–H groups in total. The molecule has 0 aliphatic carbocycles. The first-order valence-electron chi connectivity index (χ1n) is 7.01. The fourth-order valence-corrected chi connectivity index (χ4v) is 2.28. The lowest BCUT2D eigenvalue weighted by atomic mass is 10.1. The summed E-state index contributed by atoms with van der Waals surface area (Å²) in [5, 5.41) is 2.54. The van der Waals surface area contributed by atoms with Crippen molar-refractivity contribution in [2.45, 2.75) is 0 Å². The standard InChI is InChI=1S/C18H11ClF2N2O/c19-15-9-14(6-7-16(15)21)23-18(24)12-3-8-17(22-10-12)11-1-4-13(20)5-2-11/h1-10H,(H,23,24). The largest absolute Gasteiger partial charge is 0.322 e. The summed E-state index contributed by atoms with van der Waals surface area (Å²) >= 11 is 5.68. The Hall–Kier alpha value is -2.79. The molecule has 0 radical (unpaired) electrons. The van der Waals surface area contributed by atoms with Gasteiger partial charge in [0.1, 0.15) is 11.6 Å². The van der Waals surface area contributed by atoms with Crippen LogP contribution in [-0.2, 0) is 0 Å². The van der Waals surface area contributed by atoms with Crippen LogP contribution in [0.5, 0.6) is 0 Å². The monoisotopic (exact) mass is 344 g/mol. The van der Waals surface area contributed by atoms with E-state index in [1.807, 2.05) is 0 Å². The van der Waals surface area contributed by atoms with Crippen LogP contribution in [-0.4, -0.2) is 10.9 Å². The van der Waals surface area contributed by atoms with Crippen LogP contribution in [0.15, 0.2) is 60.8 Å². The summed E-state index contributed by atoms with van der Waals surface area (Å²) in [6.45, 7) is 0. The Morgan fingerprint density at radius 3 is 2.38 bits per heavy atom. The third-order valence-corrected chi connectivity index (χ3v) is 3.63. The summed E-state index contributed by atoms with van der Waals surface area (Å²) in [6.07, 6.45) is 1.42. The Bertz CT molecular complexity index is 881. The van der Waals surface area contributed by atoms with Gasteiger partial charge in [-0.1, -0.05) is 11.6 Å². The number of nitrogens with one attached hydrogen (secondary N) is 1. The van der Waals surface area contributed by atoms with Gasteiger partial charge < -0.3 is 5.32 Å². The summed E-state index contributed by atoms with van der Waals surface area (Å²) in [4.78, 5) is 16.4. The molecule has 0 aliphatic rings. The van der Waals surface area contributed by atoms with E-state index < -0.39 is 11.7 Å². The van der Waals surface area contributed by atoms with Crippen molar-refractivity contribution in [2.24, 2.45) is 0 Å². The molecule has 3 rings (SSSR count). The van der Waals surface area contributed by atoms with Gasteiger partial charge in [-0.05, 0) is 54.6 Å². The number of nitrogens with zero attached hydrogens (tertiary/aromatic N) is 1. The van der Waals surface area contributed by atoms with Crippen LogP contribution in [0.4, 0.5) is 14.5 Å². The van der Waals surface area contributed by atoms with Gasteiger partial charge in [-0.25, -0.2) is 8.78 Å². The zero-order valence-electron chi connectivity index (χ0n) is 12.3. The molecule has 0 saturated carbocycles. The Morgan fingerprint density at radius 1 is 1.00 bits per heavy atom. The molecule has 3 aromatic rings. The number of benzene rings is 2. The minimum Gasteiger partial charge on any atom is -0.322 e. The molecule has 0 atom stereocenters. The highest BCUT2D eigenvalue weighted by Gasteiger charge is 2.09.